The highest BCUT2D eigenvalue weighted by Crippen LogP contribution is 2.09. The van der Waals surface area contributed by atoms with E-state index in [-0.39, 0.29) is 11.8 Å². The van der Waals surface area contributed by atoms with Crippen LogP contribution in [0.5, 0.6) is 0 Å². The lowest BCUT2D eigenvalue weighted by Crippen LogP contribution is -2.57. The number of carbonyl (C=O) groups is 4. The normalized spacial score (nSPS) is 15.2. The third-order valence-electron chi connectivity index (χ3n) is 4.56. The smallest absolute Gasteiger partial charge is 0.326 e. The van der Waals surface area contributed by atoms with Crippen molar-refractivity contribution in [3.8, 4) is 0 Å². The summed E-state index contributed by atoms with van der Waals surface area (Å²) in [7, 11) is 0. The lowest BCUT2D eigenvalue weighted by Gasteiger charge is -2.26. The van der Waals surface area contributed by atoms with Crippen LogP contribution in [-0.4, -0.2) is 59.5 Å². The molecule has 0 aliphatic carbocycles. The Balaban J connectivity index is 5.39. The second kappa shape index (κ2) is 13.9. The average Bonchev–Trinajstić information content (AvgIpc) is 2.63. The first-order valence-electron chi connectivity index (χ1n) is 10.5. The summed E-state index contributed by atoms with van der Waals surface area (Å²) in [6.07, 6.45) is 1.96. The predicted molar refractivity (Wildman–Crippen MR) is 114 cm³/mol. The maximum Gasteiger partial charge on any atom is 0.326 e. The monoisotopic (exact) mass is 429 g/mol. The lowest BCUT2D eigenvalue weighted by atomic mass is 9.99. The van der Waals surface area contributed by atoms with E-state index in [4.69, 9.17) is 11.5 Å². The molecule has 174 valence electrons. The molecular formula is C20H39N5O5. The lowest BCUT2D eigenvalue weighted by molar-refractivity contribution is -0.143. The highest BCUT2D eigenvalue weighted by molar-refractivity contribution is 5.94. The van der Waals surface area contributed by atoms with Crippen molar-refractivity contribution in [3.63, 3.8) is 0 Å². The van der Waals surface area contributed by atoms with Crippen LogP contribution in [-0.2, 0) is 19.2 Å². The number of amides is 3. The van der Waals surface area contributed by atoms with E-state index in [1.54, 1.807) is 13.8 Å². The Labute approximate surface area is 178 Å². The van der Waals surface area contributed by atoms with Crippen LogP contribution < -0.4 is 27.4 Å². The summed E-state index contributed by atoms with van der Waals surface area (Å²) >= 11 is 0. The number of hydrogen-bond donors (Lipinski definition) is 6. The molecule has 0 aromatic carbocycles. The third kappa shape index (κ3) is 10.5. The van der Waals surface area contributed by atoms with Crippen molar-refractivity contribution in [1.82, 2.24) is 16.0 Å². The number of rotatable bonds is 14. The molecule has 0 rings (SSSR count). The van der Waals surface area contributed by atoms with E-state index in [1.165, 1.54) is 6.92 Å². The van der Waals surface area contributed by atoms with Gasteiger partial charge in [0, 0.05) is 0 Å². The molecule has 4 unspecified atom stereocenters. The minimum Gasteiger partial charge on any atom is -0.480 e. The summed E-state index contributed by atoms with van der Waals surface area (Å²) in [5, 5.41) is 17.1. The zero-order chi connectivity index (χ0) is 23.4. The van der Waals surface area contributed by atoms with E-state index in [0.717, 1.165) is 0 Å². The Bertz CT molecular complexity index is 580. The summed E-state index contributed by atoms with van der Waals surface area (Å²) < 4.78 is 0. The molecule has 0 saturated carbocycles. The number of carbonyl (C=O) groups excluding carboxylic acids is 3. The van der Waals surface area contributed by atoms with Crippen molar-refractivity contribution in [3.05, 3.63) is 0 Å². The van der Waals surface area contributed by atoms with Gasteiger partial charge in [-0.2, -0.15) is 0 Å². The van der Waals surface area contributed by atoms with Crippen molar-refractivity contribution in [2.75, 3.05) is 6.54 Å². The fourth-order valence-electron chi connectivity index (χ4n) is 2.81. The number of nitrogens with two attached hydrogens (primary N) is 2. The predicted octanol–water partition coefficient (Wildman–Crippen LogP) is -0.296. The van der Waals surface area contributed by atoms with Crippen LogP contribution in [0.25, 0.3) is 0 Å². The minimum atomic E-state index is -1.14. The Hall–Kier alpha value is -2.20. The van der Waals surface area contributed by atoms with Gasteiger partial charge >= 0.3 is 5.97 Å². The molecule has 0 fully saturated rings. The van der Waals surface area contributed by atoms with Gasteiger partial charge in [0.1, 0.15) is 18.1 Å². The summed E-state index contributed by atoms with van der Waals surface area (Å²) in [4.78, 5) is 49.0. The Morgan fingerprint density at radius 1 is 0.833 bits per heavy atom. The molecule has 8 N–H and O–H groups in total. The topological polar surface area (TPSA) is 177 Å². The van der Waals surface area contributed by atoms with Gasteiger partial charge in [0.2, 0.25) is 17.7 Å². The van der Waals surface area contributed by atoms with Gasteiger partial charge in [-0.1, -0.05) is 27.7 Å². The molecule has 0 heterocycles. The van der Waals surface area contributed by atoms with Crippen molar-refractivity contribution < 1.29 is 24.3 Å². The molecule has 10 heteroatoms. The molecule has 30 heavy (non-hydrogen) atoms. The third-order valence-corrected chi connectivity index (χ3v) is 4.56. The number of aliphatic carboxylic acids is 1. The average molecular weight is 430 g/mol. The Morgan fingerprint density at radius 3 is 1.80 bits per heavy atom. The summed E-state index contributed by atoms with van der Waals surface area (Å²) in [5.74, 6) is -2.96. The van der Waals surface area contributed by atoms with Crippen LogP contribution in [0, 0.1) is 11.8 Å². The zero-order valence-corrected chi connectivity index (χ0v) is 18.7. The van der Waals surface area contributed by atoms with Gasteiger partial charge in [-0.05, 0) is 51.0 Å². The molecule has 10 nitrogen and oxygen atoms in total. The fraction of sp³-hybridized carbons (Fsp3) is 0.800. The van der Waals surface area contributed by atoms with Gasteiger partial charge in [-0.3, -0.25) is 14.4 Å². The zero-order valence-electron chi connectivity index (χ0n) is 18.7. The van der Waals surface area contributed by atoms with Crippen LogP contribution >= 0.6 is 0 Å². The molecule has 0 bridgehead atoms. The summed E-state index contributed by atoms with van der Waals surface area (Å²) in [5.41, 5.74) is 11.1. The first-order chi connectivity index (χ1) is 13.9. The Kier molecular flexibility index (Phi) is 12.9. The molecule has 0 aliphatic rings. The van der Waals surface area contributed by atoms with Gasteiger partial charge in [0.15, 0.2) is 0 Å². The minimum absolute atomic E-state index is 0.0673. The molecule has 4 atom stereocenters. The second-order valence-corrected chi connectivity index (χ2v) is 8.39. The van der Waals surface area contributed by atoms with E-state index < -0.39 is 47.9 Å². The molecule has 0 saturated heterocycles. The van der Waals surface area contributed by atoms with E-state index in [1.807, 2.05) is 13.8 Å². The van der Waals surface area contributed by atoms with E-state index in [0.29, 0.717) is 32.2 Å². The molecule has 0 aliphatic heterocycles. The quantitative estimate of drug-likeness (QED) is 0.205. The van der Waals surface area contributed by atoms with Crippen molar-refractivity contribution in [1.29, 1.82) is 0 Å². The number of carboxylic acids is 1. The molecule has 0 spiro atoms. The number of carboxylic acid groups (broad SMARTS) is 1. The van der Waals surface area contributed by atoms with E-state index >= 15 is 0 Å². The maximum atomic E-state index is 12.9. The Morgan fingerprint density at radius 2 is 1.37 bits per heavy atom. The first-order valence-corrected chi connectivity index (χ1v) is 10.5. The van der Waals surface area contributed by atoms with Crippen molar-refractivity contribution >= 4 is 23.7 Å². The largest absolute Gasteiger partial charge is 0.480 e. The highest BCUT2D eigenvalue weighted by atomic mass is 16.4. The van der Waals surface area contributed by atoms with Crippen LogP contribution in [0.3, 0.4) is 0 Å². The van der Waals surface area contributed by atoms with Gasteiger partial charge in [-0.25, -0.2) is 4.79 Å². The van der Waals surface area contributed by atoms with E-state index in [2.05, 4.69) is 16.0 Å². The van der Waals surface area contributed by atoms with Crippen LogP contribution in [0.1, 0.15) is 60.3 Å². The fourth-order valence-corrected chi connectivity index (χ4v) is 2.81. The van der Waals surface area contributed by atoms with Gasteiger partial charge in [0.25, 0.3) is 0 Å². The molecule has 0 radical (unpaired) electrons. The molecule has 0 aromatic rings. The van der Waals surface area contributed by atoms with Gasteiger partial charge in [-0.15, -0.1) is 0 Å². The van der Waals surface area contributed by atoms with Gasteiger partial charge < -0.3 is 32.5 Å². The second-order valence-electron chi connectivity index (χ2n) is 8.39. The van der Waals surface area contributed by atoms with Gasteiger partial charge in [0.05, 0.1) is 6.04 Å². The van der Waals surface area contributed by atoms with Crippen LogP contribution in [0.2, 0.25) is 0 Å². The summed E-state index contributed by atoms with van der Waals surface area (Å²) in [6, 6.07) is -3.64. The molecule has 3 amide bonds. The first kappa shape index (κ1) is 27.8. The van der Waals surface area contributed by atoms with Crippen molar-refractivity contribution in [2.45, 2.75) is 84.5 Å². The molecule has 0 aromatic heterocycles. The highest BCUT2D eigenvalue weighted by Gasteiger charge is 2.31. The van der Waals surface area contributed by atoms with Crippen LogP contribution in [0.4, 0.5) is 0 Å². The van der Waals surface area contributed by atoms with Crippen molar-refractivity contribution in [2.24, 2.45) is 23.3 Å². The molecular weight excluding hydrogens is 390 g/mol. The SMILES string of the molecule is CC(C)CC(NC(=O)C(CCCCN)NC(=O)C(C)N)C(=O)NC(C(=O)O)C(C)C. The maximum absolute atomic E-state index is 12.9. The number of nitrogens with one attached hydrogen (secondary N) is 3. The standard InChI is InChI=1S/C20H39N5O5/c1-11(2)10-15(19(28)25-16(12(3)4)20(29)30)24-18(27)14(8-6-7-9-21)23-17(26)13(5)22/h11-16H,6-10,21-22H2,1-5H3,(H,23,26)(H,24,27)(H,25,28)(H,29,30). The number of hydrogen-bond acceptors (Lipinski definition) is 6. The number of unbranched alkanes of at least 4 members (excludes halogenated alkanes) is 1. The van der Waals surface area contributed by atoms with E-state index in [9.17, 15) is 24.3 Å². The van der Waals surface area contributed by atoms with Crippen LogP contribution in [0.15, 0.2) is 0 Å². The summed E-state index contributed by atoms with van der Waals surface area (Å²) in [6.45, 7) is 9.12.